The molecule has 0 saturated heterocycles. The van der Waals surface area contributed by atoms with Crippen LogP contribution in [0.2, 0.25) is 0 Å². The Morgan fingerprint density at radius 2 is 1.03 bits per heavy atom. The van der Waals surface area contributed by atoms with Gasteiger partial charge in [-0.05, 0) is 12.8 Å². The lowest BCUT2D eigenvalue weighted by Crippen LogP contribution is -2.14. The van der Waals surface area contributed by atoms with E-state index >= 15 is 0 Å². The maximum absolute atomic E-state index is 4.46. The van der Waals surface area contributed by atoms with Gasteiger partial charge in [-0.2, -0.15) is 0 Å². The lowest BCUT2D eigenvalue weighted by atomic mass is 9.96. The van der Waals surface area contributed by atoms with Gasteiger partial charge in [0.1, 0.15) is 17.5 Å². The monoisotopic (exact) mass is 489 g/mol. The van der Waals surface area contributed by atoms with E-state index in [1.807, 2.05) is 19.8 Å². The number of allylic oxidation sites excluding steroid dienone is 3. The number of aryl methyl sites for hydroxylation is 2. The first-order chi connectivity index (χ1) is 15.5. The molecule has 12 heteroatoms. The molecule has 0 saturated carbocycles. The average Bonchev–Trinajstić information content (AvgIpc) is 3.43. The largest absolute Gasteiger partial charge is 0.302 e. The Balaban J connectivity index is 1.84. The van der Waals surface area contributed by atoms with Crippen LogP contribution in [0.3, 0.4) is 0 Å². The zero-order valence-electron chi connectivity index (χ0n) is 17.7. The molecule has 9 nitrogen and oxygen atoms in total. The number of rotatable bonds is 13. The van der Waals surface area contributed by atoms with Gasteiger partial charge in [-0.25, -0.2) is 0 Å². The van der Waals surface area contributed by atoms with Crippen molar-refractivity contribution in [1.29, 1.82) is 0 Å². The molecule has 3 rings (SSSR count). The van der Waals surface area contributed by atoms with Crippen LogP contribution in [0.15, 0.2) is 53.4 Å². The van der Waals surface area contributed by atoms with E-state index in [0.29, 0.717) is 47.9 Å². The number of aromatic nitrogens is 9. The average molecular weight is 490 g/mol. The zero-order chi connectivity index (χ0) is 23.1. The van der Waals surface area contributed by atoms with E-state index < -0.39 is 0 Å². The Kier molecular flexibility index (Phi) is 8.76. The number of nitrogens with zero attached hydrogens (tertiary/aromatic N) is 9. The van der Waals surface area contributed by atoms with Crippen LogP contribution >= 0.6 is 37.9 Å². The summed E-state index contributed by atoms with van der Waals surface area (Å²) in [6, 6.07) is 0. The highest BCUT2D eigenvalue weighted by atomic mass is 32.1. The SMILES string of the molecule is C=CCn1c(S)nnc1CCC(CCc1nnc(S)n1CC=C)c1nnc(S)n1CC=C. The minimum atomic E-state index is 0.0813. The Bertz CT molecular complexity index is 1020. The van der Waals surface area contributed by atoms with Crippen LogP contribution in [0, 0.1) is 0 Å². The second kappa shape index (κ2) is 11.5. The molecule has 32 heavy (non-hydrogen) atoms. The van der Waals surface area contributed by atoms with Gasteiger partial charge in [-0.15, -0.1) is 88.2 Å². The van der Waals surface area contributed by atoms with E-state index in [1.165, 1.54) is 0 Å². The van der Waals surface area contributed by atoms with Gasteiger partial charge >= 0.3 is 0 Å². The first-order valence-corrected chi connectivity index (χ1v) is 11.5. The summed E-state index contributed by atoms with van der Waals surface area (Å²) in [6.07, 6.45) is 8.40. The summed E-state index contributed by atoms with van der Waals surface area (Å²) in [5, 5.41) is 27.1. The predicted octanol–water partition coefficient (Wildman–Crippen LogP) is 3.23. The van der Waals surface area contributed by atoms with Crippen LogP contribution in [0.4, 0.5) is 0 Å². The minimum absolute atomic E-state index is 0.0813. The van der Waals surface area contributed by atoms with Gasteiger partial charge < -0.3 is 13.7 Å². The first kappa shape index (κ1) is 24.3. The number of hydrogen-bond acceptors (Lipinski definition) is 9. The van der Waals surface area contributed by atoms with Gasteiger partial charge in [0.2, 0.25) is 0 Å². The molecule has 0 aromatic carbocycles. The predicted molar refractivity (Wildman–Crippen MR) is 132 cm³/mol. The normalized spacial score (nSPS) is 11.2. The van der Waals surface area contributed by atoms with E-state index in [2.05, 4.69) is 88.2 Å². The zero-order valence-corrected chi connectivity index (χ0v) is 20.4. The fourth-order valence-electron chi connectivity index (χ4n) is 3.58. The Labute approximate surface area is 204 Å². The quantitative estimate of drug-likeness (QED) is 0.252. The highest BCUT2D eigenvalue weighted by Gasteiger charge is 2.23. The first-order valence-electron chi connectivity index (χ1n) is 10.2. The molecule has 3 heterocycles. The second-order valence-corrected chi connectivity index (χ2v) is 8.36. The molecule has 0 N–H and O–H groups in total. The fraction of sp³-hybridized carbons (Fsp3) is 0.400. The van der Waals surface area contributed by atoms with Crippen molar-refractivity contribution in [1.82, 2.24) is 44.3 Å². The van der Waals surface area contributed by atoms with Gasteiger partial charge in [0.25, 0.3) is 0 Å². The Morgan fingerprint density at radius 3 is 1.50 bits per heavy atom. The van der Waals surface area contributed by atoms with Crippen molar-refractivity contribution in [3.63, 3.8) is 0 Å². The summed E-state index contributed by atoms with van der Waals surface area (Å²) in [5.41, 5.74) is 0. The Hall–Kier alpha value is -2.31. The second-order valence-electron chi connectivity index (χ2n) is 7.16. The molecular weight excluding hydrogens is 462 g/mol. The van der Waals surface area contributed by atoms with Crippen molar-refractivity contribution < 1.29 is 0 Å². The topological polar surface area (TPSA) is 92.1 Å². The lowest BCUT2D eigenvalue weighted by Gasteiger charge is -2.17. The third-order valence-corrected chi connectivity index (χ3v) is 6.10. The van der Waals surface area contributed by atoms with Gasteiger partial charge in [-0.1, -0.05) is 18.2 Å². The van der Waals surface area contributed by atoms with Crippen molar-refractivity contribution in [3.05, 3.63) is 55.4 Å². The van der Waals surface area contributed by atoms with E-state index in [4.69, 9.17) is 0 Å². The molecule has 0 unspecified atom stereocenters. The van der Waals surface area contributed by atoms with Crippen LogP contribution in [0.1, 0.15) is 36.2 Å². The van der Waals surface area contributed by atoms with Gasteiger partial charge in [0.05, 0.1) is 0 Å². The summed E-state index contributed by atoms with van der Waals surface area (Å²) in [7, 11) is 0. The molecule has 0 spiro atoms. The summed E-state index contributed by atoms with van der Waals surface area (Å²) in [6.45, 7) is 13.2. The molecule has 0 bridgehead atoms. The standard InChI is InChI=1S/C20H27N9S3/c1-4-11-27-15(21-24-18(27)30)9-7-14(17-23-26-20(32)29(17)13-6-3)8-10-16-22-25-19(31)28(16)12-5-2/h4-6,14H,1-3,7-13H2,(H,24,30)(H,25,31)(H,26,32). The van der Waals surface area contributed by atoms with Crippen LogP contribution in [0.5, 0.6) is 0 Å². The van der Waals surface area contributed by atoms with Gasteiger partial charge in [-0.3, -0.25) is 0 Å². The molecule has 0 fully saturated rings. The molecule has 3 aromatic rings. The van der Waals surface area contributed by atoms with Crippen LogP contribution in [-0.2, 0) is 32.5 Å². The third-order valence-electron chi connectivity index (χ3n) is 5.11. The van der Waals surface area contributed by atoms with Crippen LogP contribution < -0.4 is 0 Å². The maximum Gasteiger partial charge on any atom is 0.188 e. The third kappa shape index (κ3) is 5.54. The van der Waals surface area contributed by atoms with E-state index in [-0.39, 0.29) is 5.92 Å². The minimum Gasteiger partial charge on any atom is -0.302 e. The molecule has 3 aromatic heterocycles. The molecule has 0 aliphatic carbocycles. The molecule has 0 aliphatic rings. The van der Waals surface area contributed by atoms with Crippen molar-refractivity contribution in [2.45, 2.75) is 66.7 Å². The maximum atomic E-state index is 4.46. The summed E-state index contributed by atoms with van der Waals surface area (Å²) in [4.78, 5) is 0. The smallest absolute Gasteiger partial charge is 0.188 e. The molecular formula is C20H27N9S3. The van der Waals surface area contributed by atoms with Crippen molar-refractivity contribution in [3.8, 4) is 0 Å². The molecule has 0 amide bonds. The van der Waals surface area contributed by atoms with Crippen LogP contribution in [-0.4, -0.2) is 44.3 Å². The highest BCUT2D eigenvalue weighted by Crippen LogP contribution is 2.27. The number of thiol groups is 3. The van der Waals surface area contributed by atoms with Gasteiger partial charge in [0, 0.05) is 38.4 Å². The summed E-state index contributed by atoms with van der Waals surface area (Å²) >= 11 is 13.3. The van der Waals surface area contributed by atoms with Crippen molar-refractivity contribution in [2.24, 2.45) is 0 Å². The van der Waals surface area contributed by atoms with E-state index in [0.717, 1.165) is 30.3 Å². The fourth-order valence-corrected chi connectivity index (χ4v) is 4.29. The molecule has 170 valence electrons. The molecule has 0 radical (unpaired) electrons. The summed E-state index contributed by atoms with van der Waals surface area (Å²) < 4.78 is 5.86. The van der Waals surface area contributed by atoms with Crippen molar-refractivity contribution in [2.75, 3.05) is 0 Å². The van der Waals surface area contributed by atoms with Crippen LogP contribution in [0.25, 0.3) is 0 Å². The van der Waals surface area contributed by atoms with E-state index in [9.17, 15) is 0 Å². The molecule has 0 aliphatic heterocycles. The summed E-state index contributed by atoms with van der Waals surface area (Å²) in [5.74, 6) is 2.65. The van der Waals surface area contributed by atoms with Crippen molar-refractivity contribution >= 4 is 37.9 Å². The molecule has 0 atom stereocenters. The highest BCUT2D eigenvalue weighted by molar-refractivity contribution is 7.80. The Morgan fingerprint density at radius 1 is 0.625 bits per heavy atom. The lowest BCUT2D eigenvalue weighted by molar-refractivity contribution is 0.493. The number of hydrogen-bond donors (Lipinski definition) is 3. The van der Waals surface area contributed by atoms with E-state index in [1.54, 1.807) is 12.2 Å². The van der Waals surface area contributed by atoms with Gasteiger partial charge in [0.15, 0.2) is 15.5 Å².